The molecular formula is C16H23N3O2. The first kappa shape index (κ1) is 15.5. The molecule has 1 heterocycles. The number of nitrogens with zero attached hydrogens (tertiary/aromatic N) is 2. The van der Waals surface area contributed by atoms with Crippen LogP contribution in [0.3, 0.4) is 0 Å². The first-order chi connectivity index (χ1) is 10.1. The van der Waals surface area contributed by atoms with Crippen LogP contribution in [0.1, 0.15) is 28.8 Å². The quantitative estimate of drug-likeness (QED) is 0.883. The maximum Gasteiger partial charge on any atom is 0.251 e. The zero-order chi connectivity index (χ0) is 15.2. The fourth-order valence-corrected chi connectivity index (χ4v) is 2.51. The molecular weight excluding hydrogens is 266 g/mol. The number of nitrogens with one attached hydrogen (secondary N) is 1. The van der Waals surface area contributed by atoms with Crippen LogP contribution in [0.15, 0.2) is 24.3 Å². The van der Waals surface area contributed by atoms with Crippen molar-refractivity contribution < 1.29 is 9.59 Å². The van der Waals surface area contributed by atoms with Gasteiger partial charge in [0.25, 0.3) is 5.91 Å². The SMILES string of the molecule is CN(C)Cc1cccc(C(=O)NCC(=O)N2CCCC2)c1. The Balaban J connectivity index is 1.89. The van der Waals surface area contributed by atoms with Gasteiger partial charge in [0, 0.05) is 25.2 Å². The molecule has 0 aliphatic carbocycles. The molecule has 1 saturated heterocycles. The van der Waals surface area contributed by atoms with Crippen LogP contribution in [0.25, 0.3) is 0 Å². The Morgan fingerprint density at radius 2 is 1.95 bits per heavy atom. The van der Waals surface area contributed by atoms with Crippen molar-refractivity contribution in [3.05, 3.63) is 35.4 Å². The van der Waals surface area contributed by atoms with E-state index in [1.807, 2.05) is 42.1 Å². The molecule has 0 aromatic heterocycles. The third-order valence-electron chi connectivity index (χ3n) is 3.55. The molecule has 1 aromatic rings. The van der Waals surface area contributed by atoms with Gasteiger partial charge in [0.05, 0.1) is 6.54 Å². The van der Waals surface area contributed by atoms with E-state index >= 15 is 0 Å². The Kier molecular flexibility index (Phi) is 5.33. The van der Waals surface area contributed by atoms with Gasteiger partial charge >= 0.3 is 0 Å². The van der Waals surface area contributed by atoms with E-state index in [9.17, 15) is 9.59 Å². The second-order valence-corrected chi connectivity index (χ2v) is 5.71. The highest BCUT2D eigenvalue weighted by Crippen LogP contribution is 2.08. The predicted octanol–water partition coefficient (Wildman–Crippen LogP) is 1.10. The average Bonchev–Trinajstić information content (AvgIpc) is 2.98. The highest BCUT2D eigenvalue weighted by Gasteiger charge is 2.18. The lowest BCUT2D eigenvalue weighted by Crippen LogP contribution is -2.38. The highest BCUT2D eigenvalue weighted by molar-refractivity contribution is 5.96. The molecule has 2 rings (SSSR count). The zero-order valence-electron chi connectivity index (χ0n) is 12.8. The molecule has 0 saturated carbocycles. The van der Waals surface area contributed by atoms with Crippen LogP contribution in [0.4, 0.5) is 0 Å². The molecule has 21 heavy (non-hydrogen) atoms. The number of hydrogen-bond donors (Lipinski definition) is 1. The van der Waals surface area contributed by atoms with E-state index in [1.54, 1.807) is 6.07 Å². The lowest BCUT2D eigenvalue weighted by Gasteiger charge is -2.15. The van der Waals surface area contributed by atoms with Crippen LogP contribution >= 0.6 is 0 Å². The Morgan fingerprint density at radius 1 is 1.24 bits per heavy atom. The third-order valence-corrected chi connectivity index (χ3v) is 3.55. The standard InChI is InChI=1S/C16H23N3O2/c1-18(2)12-13-6-5-7-14(10-13)16(21)17-11-15(20)19-8-3-4-9-19/h5-7,10H,3-4,8-9,11-12H2,1-2H3,(H,17,21). The van der Waals surface area contributed by atoms with Crippen LogP contribution in [-0.2, 0) is 11.3 Å². The molecule has 1 aliphatic heterocycles. The first-order valence-corrected chi connectivity index (χ1v) is 7.36. The molecule has 0 atom stereocenters. The van der Waals surface area contributed by atoms with Crippen molar-refractivity contribution in [3.8, 4) is 0 Å². The number of amides is 2. The molecule has 1 aliphatic rings. The molecule has 0 bridgehead atoms. The van der Waals surface area contributed by atoms with Gasteiger partial charge in [-0.25, -0.2) is 0 Å². The summed E-state index contributed by atoms with van der Waals surface area (Å²) in [6, 6.07) is 7.51. The summed E-state index contributed by atoms with van der Waals surface area (Å²) >= 11 is 0. The minimum absolute atomic E-state index is 0.00490. The molecule has 1 N–H and O–H groups in total. The maximum absolute atomic E-state index is 12.1. The van der Waals surface area contributed by atoms with Crippen LogP contribution in [0.5, 0.6) is 0 Å². The van der Waals surface area contributed by atoms with Crippen LogP contribution < -0.4 is 5.32 Å². The molecule has 5 nitrogen and oxygen atoms in total. The normalized spacial score (nSPS) is 14.5. The monoisotopic (exact) mass is 289 g/mol. The molecule has 5 heteroatoms. The Bertz CT molecular complexity index is 508. The third kappa shape index (κ3) is 4.56. The molecule has 0 radical (unpaired) electrons. The second kappa shape index (κ2) is 7.22. The molecule has 114 valence electrons. The van der Waals surface area contributed by atoms with E-state index in [-0.39, 0.29) is 18.4 Å². The summed E-state index contributed by atoms with van der Waals surface area (Å²) in [5.41, 5.74) is 1.68. The van der Waals surface area contributed by atoms with Gasteiger partial charge in [-0.1, -0.05) is 12.1 Å². The van der Waals surface area contributed by atoms with E-state index in [1.165, 1.54) is 0 Å². The predicted molar refractivity (Wildman–Crippen MR) is 82.0 cm³/mol. The van der Waals surface area contributed by atoms with E-state index in [4.69, 9.17) is 0 Å². The topological polar surface area (TPSA) is 52.7 Å². The van der Waals surface area contributed by atoms with Crippen molar-refractivity contribution in [2.75, 3.05) is 33.7 Å². The first-order valence-electron chi connectivity index (χ1n) is 7.36. The van der Waals surface area contributed by atoms with Crippen molar-refractivity contribution in [3.63, 3.8) is 0 Å². The summed E-state index contributed by atoms with van der Waals surface area (Å²) < 4.78 is 0. The van der Waals surface area contributed by atoms with E-state index in [0.29, 0.717) is 5.56 Å². The smallest absolute Gasteiger partial charge is 0.251 e. The lowest BCUT2D eigenvalue weighted by atomic mass is 10.1. The maximum atomic E-state index is 12.1. The van der Waals surface area contributed by atoms with Gasteiger partial charge in [-0.2, -0.15) is 0 Å². The molecule has 1 fully saturated rings. The number of benzene rings is 1. The minimum Gasteiger partial charge on any atom is -0.343 e. The Hall–Kier alpha value is -1.88. The van der Waals surface area contributed by atoms with Gasteiger partial charge in [0.1, 0.15) is 0 Å². The lowest BCUT2D eigenvalue weighted by molar-refractivity contribution is -0.129. The van der Waals surface area contributed by atoms with Crippen molar-refractivity contribution in [2.45, 2.75) is 19.4 Å². The van der Waals surface area contributed by atoms with E-state index < -0.39 is 0 Å². The van der Waals surface area contributed by atoms with Gasteiger partial charge in [-0.05, 0) is 44.6 Å². The molecule has 1 aromatic carbocycles. The van der Waals surface area contributed by atoms with Crippen molar-refractivity contribution in [1.82, 2.24) is 15.1 Å². The van der Waals surface area contributed by atoms with Gasteiger partial charge in [-0.15, -0.1) is 0 Å². The number of carbonyl (C=O) groups is 2. The summed E-state index contributed by atoms with van der Waals surface area (Å²) in [6.45, 7) is 2.49. The largest absolute Gasteiger partial charge is 0.343 e. The number of hydrogen-bond acceptors (Lipinski definition) is 3. The van der Waals surface area contributed by atoms with Crippen molar-refractivity contribution >= 4 is 11.8 Å². The fraction of sp³-hybridized carbons (Fsp3) is 0.500. The summed E-state index contributed by atoms with van der Waals surface area (Å²) in [4.78, 5) is 27.9. The van der Waals surface area contributed by atoms with Crippen LogP contribution in [0.2, 0.25) is 0 Å². The van der Waals surface area contributed by atoms with Crippen molar-refractivity contribution in [1.29, 1.82) is 0 Å². The van der Waals surface area contributed by atoms with Crippen LogP contribution in [-0.4, -0.2) is 55.3 Å². The number of likely N-dealkylation sites (tertiary alicyclic amines) is 1. The fourth-order valence-electron chi connectivity index (χ4n) is 2.51. The zero-order valence-corrected chi connectivity index (χ0v) is 12.8. The van der Waals surface area contributed by atoms with Crippen molar-refractivity contribution in [2.24, 2.45) is 0 Å². The summed E-state index contributed by atoms with van der Waals surface area (Å²) in [5.74, 6) is -0.187. The van der Waals surface area contributed by atoms with E-state index in [0.717, 1.165) is 38.0 Å². The van der Waals surface area contributed by atoms with Crippen LogP contribution in [0, 0.1) is 0 Å². The summed E-state index contributed by atoms with van der Waals surface area (Å²) in [5, 5.41) is 2.71. The Labute approximate surface area is 125 Å². The second-order valence-electron chi connectivity index (χ2n) is 5.71. The highest BCUT2D eigenvalue weighted by atomic mass is 16.2. The van der Waals surface area contributed by atoms with Gasteiger partial charge in [0.2, 0.25) is 5.91 Å². The molecule has 0 spiro atoms. The number of rotatable bonds is 5. The average molecular weight is 289 g/mol. The van der Waals surface area contributed by atoms with Gasteiger partial charge in [0.15, 0.2) is 0 Å². The Morgan fingerprint density at radius 3 is 2.62 bits per heavy atom. The van der Waals surface area contributed by atoms with E-state index in [2.05, 4.69) is 5.32 Å². The number of carbonyl (C=O) groups excluding carboxylic acids is 2. The summed E-state index contributed by atoms with van der Waals surface area (Å²) in [7, 11) is 3.98. The minimum atomic E-state index is -0.192. The molecule has 2 amide bonds. The van der Waals surface area contributed by atoms with Gasteiger partial charge < -0.3 is 15.1 Å². The van der Waals surface area contributed by atoms with Gasteiger partial charge in [-0.3, -0.25) is 9.59 Å². The summed E-state index contributed by atoms with van der Waals surface area (Å²) in [6.07, 6.45) is 2.12. The molecule has 0 unspecified atom stereocenters.